The summed E-state index contributed by atoms with van der Waals surface area (Å²) >= 11 is 5.92. The number of primary sulfonamides is 1. The van der Waals surface area contributed by atoms with Crippen LogP contribution < -0.4 is 10.5 Å². The van der Waals surface area contributed by atoms with Gasteiger partial charge in [0.15, 0.2) is 0 Å². The van der Waals surface area contributed by atoms with E-state index in [-0.39, 0.29) is 11.7 Å². The lowest BCUT2D eigenvalue weighted by atomic mass is 10.1. The molecular formula is C20H21ClN4O3S. The average molecular weight is 433 g/mol. The van der Waals surface area contributed by atoms with Crippen LogP contribution in [0.25, 0.3) is 0 Å². The summed E-state index contributed by atoms with van der Waals surface area (Å²) < 4.78 is 24.3. The average Bonchev–Trinajstić information content (AvgIpc) is 2.89. The molecule has 3 rings (SSSR count). The number of hydrogen-bond donors (Lipinski definition) is 2. The Morgan fingerprint density at radius 3 is 2.48 bits per heavy atom. The molecule has 9 heteroatoms. The molecular weight excluding hydrogens is 412 g/mol. The number of carbonyl (C=O) groups excluding carboxylic acids is 1. The second-order valence-electron chi connectivity index (χ2n) is 6.79. The quantitative estimate of drug-likeness (QED) is 0.623. The van der Waals surface area contributed by atoms with Gasteiger partial charge in [0.25, 0.3) is 5.91 Å². The smallest absolute Gasteiger partial charge is 0.259 e. The van der Waals surface area contributed by atoms with E-state index in [9.17, 15) is 13.2 Å². The number of sulfonamides is 1. The highest BCUT2D eigenvalue weighted by Crippen LogP contribution is 2.19. The first-order chi connectivity index (χ1) is 13.6. The van der Waals surface area contributed by atoms with Crippen molar-refractivity contribution < 1.29 is 13.2 Å². The maximum Gasteiger partial charge on any atom is 0.259 e. The Morgan fingerprint density at radius 2 is 1.83 bits per heavy atom. The highest BCUT2D eigenvalue weighted by atomic mass is 35.5. The van der Waals surface area contributed by atoms with Crippen LogP contribution in [0, 0.1) is 13.8 Å². The van der Waals surface area contributed by atoms with Gasteiger partial charge in [-0.3, -0.25) is 9.48 Å². The predicted molar refractivity (Wildman–Crippen MR) is 113 cm³/mol. The number of carbonyl (C=O) groups is 1. The first-order valence-electron chi connectivity index (χ1n) is 8.81. The Labute approximate surface area is 174 Å². The normalized spacial score (nSPS) is 11.4. The summed E-state index contributed by atoms with van der Waals surface area (Å²) in [6, 6.07) is 14.0. The fourth-order valence-corrected chi connectivity index (χ4v) is 3.88. The molecule has 0 radical (unpaired) electrons. The number of rotatable bonds is 6. The summed E-state index contributed by atoms with van der Waals surface area (Å²) in [6.45, 7) is 4.13. The number of aromatic nitrogens is 2. The number of nitrogens with one attached hydrogen (secondary N) is 1. The SMILES string of the molecule is Cc1nn(Cc2ccc(Cl)cc2)c(C)c1C(=O)Nc1cccc(CS(N)(=O)=O)c1. The van der Waals surface area contributed by atoms with Crippen LogP contribution in [-0.2, 0) is 22.3 Å². The van der Waals surface area contributed by atoms with Crippen LogP contribution in [0.5, 0.6) is 0 Å². The molecule has 152 valence electrons. The van der Waals surface area contributed by atoms with Crippen LogP contribution >= 0.6 is 11.6 Å². The molecule has 0 atom stereocenters. The molecule has 7 nitrogen and oxygen atoms in total. The molecule has 3 N–H and O–H groups in total. The molecule has 0 fully saturated rings. The van der Waals surface area contributed by atoms with Crippen molar-refractivity contribution in [1.29, 1.82) is 0 Å². The summed E-state index contributed by atoms with van der Waals surface area (Å²) in [5, 5.41) is 13.0. The van der Waals surface area contributed by atoms with Gasteiger partial charge in [-0.25, -0.2) is 13.6 Å². The van der Waals surface area contributed by atoms with Crippen molar-refractivity contribution in [3.63, 3.8) is 0 Å². The fourth-order valence-electron chi connectivity index (χ4n) is 3.11. The van der Waals surface area contributed by atoms with Crippen LogP contribution in [-0.4, -0.2) is 24.1 Å². The number of amides is 1. The van der Waals surface area contributed by atoms with E-state index in [0.29, 0.717) is 34.1 Å². The van der Waals surface area contributed by atoms with Crippen molar-refractivity contribution in [2.75, 3.05) is 5.32 Å². The first-order valence-corrected chi connectivity index (χ1v) is 10.9. The van der Waals surface area contributed by atoms with Gasteiger partial charge in [0, 0.05) is 16.4 Å². The number of anilines is 1. The lowest BCUT2D eigenvalue weighted by molar-refractivity contribution is 0.102. The summed E-state index contributed by atoms with van der Waals surface area (Å²) in [6.07, 6.45) is 0. The van der Waals surface area contributed by atoms with Crippen LogP contribution in [0.3, 0.4) is 0 Å². The molecule has 0 aliphatic rings. The third-order valence-corrected chi connectivity index (χ3v) is 5.39. The standard InChI is InChI=1S/C20H21ClN4O3S/c1-13-19(14(2)25(24-13)11-15-6-8-17(21)9-7-15)20(26)23-18-5-3-4-16(10-18)12-29(22,27)28/h3-10H,11-12H2,1-2H3,(H,23,26)(H2,22,27,28). The minimum absolute atomic E-state index is 0.298. The Morgan fingerprint density at radius 1 is 1.14 bits per heavy atom. The van der Waals surface area contributed by atoms with E-state index in [1.54, 1.807) is 35.9 Å². The number of halogens is 1. The molecule has 0 aliphatic heterocycles. The van der Waals surface area contributed by atoms with E-state index in [0.717, 1.165) is 11.3 Å². The summed E-state index contributed by atoms with van der Waals surface area (Å²) in [7, 11) is -3.65. The number of nitrogens with zero attached hydrogens (tertiary/aromatic N) is 2. The molecule has 2 aromatic carbocycles. The number of hydrogen-bond acceptors (Lipinski definition) is 4. The Hall–Kier alpha value is -2.68. The Bertz CT molecular complexity index is 1150. The molecule has 0 saturated heterocycles. The van der Waals surface area contributed by atoms with Gasteiger partial charge in [-0.2, -0.15) is 5.10 Å². The Kier molecular flexibility index (Phi) is 6.07. The summed E-state index contributed by atoms with van der Waals surface area (Å²) in [5.74, 6) is -0.608. The second kappa shape index (κ2) is 8.36. The molecule has 29 heavy (non-hydrogen) atoms. The van der Waals surface area contributed by atoms with Crippen LogP contribution in [0.4, 0.5) is 5.69 Å². The maximum atomic E-state index is 12.8. The monoisotopic (exact) mass is 432 g/mol. The van der Waals surface area contributed by atoms with E-state index in [4.69, 9.17) is 16.7 Å². The van der Waals surface area contributed by atoms with Gasteiger partial charge in [-0.1, -0.05) is 35.9 Å². The third kappa shape index (κ3) is 5.44. The minimum atomic E-state index is -3.65. The predicted octanol–water partition coefficient (Wildman–Crippen LogP) is 3.24. The molecule has 0 aliphatic carbocycles. The largest absolute Gasteiger partial charge is 0.322 e. The molecule has 1 heterocycles. The number of aryl methyl sites for hydroxylation is 1. The van der Waals surface area contributed by atoms with E-state index in [1.165, 1.54) is 0 Å². The van der Waals surface area contributed by atoms with Gasteiger partial charge in [-0.15, -0.1) is 0 Å². The van der Waals surface area contributed by atoms with Crippen molar-refractivity contribution in [3.8, 4) is 0 Å². The molecule has 1 amide bonds. The molecule has 0 saturated carbocycles. The molecule has 0 spiro atoms. The van der Waals surface area contributed by atoms with Crippen molar-refractivity contribution in [1.82, 2.24) is 9.78 Å². The van der Waals surface area contributed by atoms with Gasteiger partial charge < -0.3 is 5.32 Å². The van der Waals surface area contributed by atoms with Gasteiger partial charge in [0.2, 0.25) is 10.0 Å². The van der Waals surface area contributed by atoms with Crippen molar-refractivity contribution in [2.24, 2.45) is 5.14 Å². The summed E-state index contributed by atoms with van der Waals surface area (Å²) in [4.78, 5) is 12.8. The van der Waals surface area contributed by atoms with Gasteiger partial charge >= 0.3 is 0 Å². The van der Waals surface area contributed by atoms with E-state index >= 15 is 0 Å². The summed E-state index contributed by atoms with van der Waals surface area (Å²) in [5.41, 5.74) is 3.82. The highest BCUT2D eigenvalue weighted by molar-refractivity contribution is 7.88. The van der Waals surface area contributed by atoms with E-state index < -0.39 is 10.0 Å². The zero-order valence-corrected chi connectivity index (χ0v) is 17.6. The van der Waals surface area contributed by atoms with Crippen LogP contribution in [0.2, 0.25) is 5.02 Å². The van der Waals surface area contributed by atoms with Gasteiger partial charge in [0.1, 0.15) is 0 Å². The molecule has 1 aromatic heterocycles. The third-order valence-electron chi connectivity index (χ3n) is 4.41. The van der Waals surface area contributed by atoms with Crippen molar-refractivity contribution >= 4 is 33.2 Å². The van der Waals surface area contributed by atoms with E-state index in [2.05, 4.69) is 10.4 Å². The Balaban J connectivity index is 1.80. The second-order valence-corrected chi connectivity index (χ2v) is 8.84. The number of benzene rings is 2. The van der Waals surface area contributed by atoms with Crippen LogP contribution in [0.1, 0.15) is 32.9 Å². The molecule has 3 aromatic rings. The zero-order valence-electron chi connectivity index (χ0n) is 16.0. The minimum Gasteiger partial charge on any atom is -0.322 e. The first kappa shape index (κ1) is 21.0. The topological polar surface area (TPSA) is 107 Å². The van der Waals surface area contributed by atoms with Crippen LogP contribution in [0.15, 0.2) is 48.5 Å². The van der Waals surface area contributed by atoms with E-state index in [1.807, 2.05) is 31.2 Å². The fraction of sp³-hybridized carbons (Fsp3) is 0.200. The molecule has 0 bridgehead atoms. The lowest BCUT2D eigenvalue weighted by Crippen LogP contribution is -2.16. The van der Waals surface area contributed by atoms with Gasteiger partial charge in [-0.05, 0) is 49.2 Å². The lowest BCUT2D eigenvalue weighted by Gasteiger charge is -2.08. The van der Waals surface area contributed by atoms with Gasteiger partial charge in [0.05, 0.1) is 23.6 Å². The zero-order chi connectivity index (χ0) is 21.2. The highest BCUT2D eigenvalue weighted by Gasteiger charge is 2.19. The maximum absolute atomic E-state index is 12.8. The van der Waals surface area contributed by atoms with Crippen molar-refractivity contribution in [2.45, 2.75) is 26.1 Å². The van der Waals surface area contributed by atoms with Crippen molar-refractivity contribution in [3.05, 3.63) is 81.6 Å². The number of nitrogens with two attached hydrogens (primary N) is 1. The molecule has 0 unspecified atom stereocenters.